The van der Waals surface area contributed by atoms with E-state index in [0.717, 1.165) is 12.1 Å². The Balaban J connectivity index is 1.74. The Kier molecular flexibility index (Phi) is 9.18. The van der Waals surface area contributed by atoms with E-state index < -0.39 is 23.6 Å². The first-order valence-electron chi connectivity index (χ1n) is 9.99. The number of amides is 2. The average Bonchev–Trinajstić information content (AvgIpc) is 2.76. The van der Waals surface area contributed by atoms with Gasteiger partial charge in [0.1, 0.15) is 12.4 Å². The fourth-order valence-electron chi connectivity index (χ4n) is 2.62. The minimum atomic E-state index is -4.41. The van der Waals surface area contributed by atoms with Gasteiger partial charge in [-0.25, -0.2) is 0 Å². The average molecular weight is 454 g/mol. The van der Waals surface area contributed by atoms with Crippen LogP contribution >= 0.6 is 0 Å². The van der Waals surface area contributed by atoms with Crippen molar-refractivity contribution < 1.29 is 37.0 Å². The Labute approximate surface area is 183 Å². The summed E-state index contributed by atoms with van der Waals surface area (Å²) in [6.07, 6.45) is -4.41. The predicted octanol–water partition coefficient (Wildman–Crippen LogP) is 3.43. The van der Waals surface area contributed by atoms with E-state index in [1.54, 1.807) is 18.2 Å². The number of alkyl halides is 3. The van der Waals surface area contributed by atoms with Crippen LogP contribution in [-0.2, 0) is 11.0 Å². The van der Waals surface area contributed by atoms with Gasteiger partial charge in [0.05, 0.1) is 31.9 Å². The van der Waals surface area contributed by atoms with E-state index in [4.69, 9.17) is 14.2 Å². The maximum Gasteiger partial charge on any atom is 0.416 e. The Morgan fingerprint density at radius 1 is 0.875 bits per heavy atom. The Hall–Kier alpha value is -3.43. The molecule has 0 saturated carbocycles. The SMILES string of the molecule is CCOc1ccc(C(=O)NCC(=O)NCCOc2ccc(C(F)(F)F)cc2)cc1OCC. The number of nitrogens with one attached hydrogen (secondary N) is 2. The summed E-state index contributed by atoms with van der Waals surface area (Å²) in [4.78, 5) is 24.2. The molecule has 0 aliphatic rings. The number of ether oxygens (including phenoxy) is 3. The smallest absolute Gasteiger partial charge is 0.416 e. The predicted molar refractivity (Wildman–Crippen MR) is 111 cm³/mol. The van der Waals surface area contributed by atoms with E-state index in [1.807, 2.05) is 13.8 Å². The van der Waals surface area contributed by atoms with Crippen molar-refractivity contribution in [3.63, 3.8) is 0 Å². The Morgan fingerprint density at radius 3 is 2.16 bits per heavy atom. The standard InChI is InChI=1S/C22H25F3N2O5/c1-3-30-18-10-5-15(13-19(18)31-4-2)21(29)27-14-20(28)26-11-12-32-17-8-6-16(7-9-17)22(23,24)25/h5-10,13H,3-4,11-12,14H2,1-2H3,(H,26,28)(H,27,29). The number of hydrogen-bond donors (Lipinski definition) is 2. The Bertz CT molecular complexity index is 901. The second-order valence-corrected chi connectivity index (χ2v) is 6.43. The number of rotatable bonds is 11. The monoisotopic (exact) mass is 454 g/mol. The second kappa shape index (κ2) is 11.8. The summed E-state index contributed by atoms with van der Waals surface area (Å²) in [6, 6.07) is 8.99. The van der Waals surface area contributed by atoms with Crippen LogP contribution in [0.15, 0.2) is 42.5 Å². The van der Waals surface area contributed by atoms with Gasteiger partial charge in [-0.1, -0.05) is 0 Å². The molecule has 2 N–H and O–H groups in total. The highest BCUT2D eigenvalue weighted by molar-refractivity contribution is 5.97. The number of benzene rings is 2. The molecule has 174 valence electrons. The van der Waals surface area contributed by atoms with Crippen LogP contribution in [0.3, 0.4) is 0 Å². The van der Waals surface area contributed by atoms with Crippen LogP contribution < -0.4 is 24.8 Å². The first-order chi connectivity index (χ1) is 15.2. The lowest BCUT2D eigenvalue weighted by atomic mass is 10.2. The maximum absolute atomic E-state index is 12.5. The first-order valence-corrected chi connectivity index (χ1v) is 9.99. The fraction of sp³-hybridized carbons (Fsp3) is 0.364. The minimum Gasteiger partial charge on any atom is -0.492 e. The molecule has 0 radical (unpaired) electrons. The molecule has 0 aliphatic heterocycles. The number of carbonyl (C=O) groups excluding carboxylic acids is 2. The van der Waals surface area contributed by atoms with E-state index in [9.17, 15) is 22.8 Å². The third-order valence-electron chi connectivity index (χ3n) is 4.09. The number of halogens is 3. The van der Waals surface area contributed by atoms with Gasteiger partial charge in [0.25, 0.3) is 5.91 Å². The zero-order chi connectivity index (χ0) is 23.6. The van der Waals surface area contributed by atoms with Crippen LogP contribution in [0.2, 0.25) is 0 Å². The lowest BCUT2D eigenvalue weighted by Gasteiger charge is -2.12. The van der Waals surface area contributed by atoms with Crippen LogP contribution in [0.1, 0.15) is 29.8 Å². The minimum absolute atomic E-state index is 0.0572. The summed E-state index contributed by atoms with van der Waals surface area (Å²) in [5.41, 5.74) is -0.454. The molecule has 0 saturated heterocycles. The van der Waals surface area contributed by atoms with E-state index in [0.29, 0.717) is 30.3 Å². The van der Waals surface area contributed by atoms with E-state index in [1.165, 1.54) is 12.1 Å². The van der Waals surface area contributed by atoms with Gasteiger partial charge < -0.3 is 24.8 Å². The van der Waals surface area contributed by atoms with Crippen LogP contribution in [0.25, 0.3) is 0 Å². The topological polar surface area (TPSA) is 85.9 Å². The number of hydrogen-bond acceptors (Lipinski definition) is 5. The molecule has 0 heterocycles. The molecule has 7 nitrogen and oxygen atoms in total. The van der Waals surface area contributed by atoms with Crippen LogP contribution in [-0.4, -0.2) is 44.7 Å². The van der Waals surface area contributed by atoms with E-state index in [2.05, 4.69) is 10.6 Å². The molecule has 2 aromatic carbocycles. The van der Waals surface area contributed by atoms with Crippen molar-refractivity contribution in [2.75, 3.05) is 32.9 Å². The summed E-state index contributed by atoms with van der Waals surface area (Å²) in [6.45, 7) is 4.43. The highest BCUT2D eigenvalue weighted by Crippen LogP contribution is 2.30. The molecule has 0 aromatic heterocycles. The van der Waals surface area contributed by atoms with Crippen molar-refractivity contribution >= 4 is 11.8 Å². The van der Waals surface area contributed by atoms with Gasteiger partial charge in [0.2, 0.25) is 5.91 Å². The third kappa shape index (κ3) is 7.68. The van der Waals surface area contributed by atoms with Gasteiger partial charge in [-0.15, -0.1) is 0 Å². The zero-order valence-corrected chi connectivity index (χ0v) is 17.8. The molecule has 2 amide bonds. The molecule has 2 rings (SSSR count). The molecule has 0 spiro atoms. The summed E-state index contributed by atoms with van der Waals surface area (Å²) >= 11 is 0. The molecule has 2 aromatic rings. The molecule has 0 unspecified atom stereocenters. The second-order valence-electron chi connectivity index (χ2n) is 6.43. The fourth-order valence-corrected chi connectivity index (χ4v) is 2.62. The summed E-state index contributed by atoms with van der Waals surface area (Å²) in [5.74, 6) is 0.320. The van der Waals surface area contributed by atoms with E-state index >= 15 is 0 Å². The van der Waals surface area contributed by atoms with Crippen molar-refractivity contribution in [2.45, 2.75) is 20.0 Å². The highest BCUT2D eigenvalue weighted by Gasteiger charge is 2.30. The van der Waals surface area contributed by atoms with Gasteiger partial charge >= 0.3 is 6.18 Å². The van der Waals surface area contributed by atoms with Gasteiger partial charge in [-0.05, 0) is 56.3 Å². The van der Waals surface area contributed by atoms with Crippen molar-refractivity contribution in [2.24, 2.45) is 0 Å². The molecule has 0 bridgehead atoms. The molecule has 10 heteroatoms. The third-order valence-corrected chi connectivity index (χ3v) is 4.09. The van der Waals surface area contributed by atoms with Crippen molar-refractivity contribution in [1.82, 2.24) is 10.6 Å². The molecular formula is C22H25F3N2O5. The summed E-state index contributed by atoms with van der Waals surface area (Å²) in [5, 5.41) is 5.05. The van der Waals surface area contributed by atoms with Gasteiger partial charge in [0, 0.05) is 5.56 Å². The molecule has 0 fully saturated rings. The largest absolute Gasteiger partial charge is 0.492 e. The molecule has 0 aliphatic carbocycles. The van der Waals surface area contributed by atoms with Crippen LogP contribution in [0.4, 0.5) is 13.2 Å². The van der Waals surface area contributed by atoms with Gasteiger partial charge in [0.15, 0.2) is 11.5 Å². The van der Waals surface area contributed by atoms with Crippen LogP contribution in [0, 0.1) is 0 Å². The highest BCUT2D eigenvalue weighted by atomic mass is 19.4. The van der Waals surface area contributed by atoms with Crippen molar-refractivity contribution in [3.05, 3.63) is 53.6 Å². The maximum atomic E-state index is 12.5. The molecule has 32 heavy (non-hydrogen) atoms. The lowest BCUT2D eigenvalue weighted by molar-refractivity contribution is -0.137. The lowest BCUT2D eigenvalue weighted by Crippen LogP contribution is -2.38. The zero-order valence-electron chi connectivity index (χ0n) is 17.8. The quantitative estimate of drug-likeness (QED) is 0.508. The van der Waals surface area contributed by atoms with Crippen LogP contribution in [0.5, 0.6) is 17.2 Å². The molecule has 0 atom stereocenters. The van der Waals surface area contributed by atoms with Crippen molar-refractivity contribution in [3.8, 4) is 17.2 Å². The molecular weight excluding hydrogens is 429 g/mol. The summed E-state index contributed by atoms with van der Waals surface area (Å²) < 4.78 is 53.8. The van der Waals surface area contributed by atoms with Gasteiger partial charge in [-0.3, -0.25) is 9.59 Å². The van der Waals surface area contributed by atoms with Gasteiger partial charge in [-0.2, -0.15) is 13.2 Å². The van der Waals surface area contributed by atoms with E-state index in [-0.39, 0.29) is 25.4 Å². The summed E-state index contributed by atoms with van der Waals surface area (Å²) in [7, 11) is 0. The van der Waals surface area contributed by atoms with Crippen molar-refractivity contribution in [1.29, 1.82) is 0 Å². The number of carbonyl (C=O) groups is 2. The normalized spacial score (nSPS) is 10.9. The first kappa shape index (κ1) is 24.8. The Morgan fingerprint density at radius 2 is 1.53 bits per heavy atom.